The van der Waals surface area contributed by atoms with Gasteiger partial charge in [-0.25, -0.2) is 9.78 Å². The SMILES string of the molecule is CC(C)(C)OC(=O)N1CCC[C@@H]1c1n[nH]c(CNC(=O)C(F)(F)F)n1. The van der Waals surface area contributed by atoms with Gasteiger partial charge in [0.15, 0.2) is 5.82 Å². The molecule has 140 valence electrons. The molecule has 0 spiro atoms. The maximum atomic E-state index is 12.2. The maximum Gasteiger partial charge on any atom is 0.471 e. The summed E-state index contributed by atoms with van der Waals surface area (Å²) in [6.07, 6.45) is -4.10. The molecule has 1 aliphatic rings. The molecular formula is C14H20F3N5O3. The number of amides is 2. The van der Waals surface area contributed by atoms with Crippen molar-refractivity contribution in [3.63, 3.8) is 0 Å². The van der Waals surface area contributed by atoms with E-state index in [1.165, 1.54) is 4.90 Å². The molecular weight excluding hydrogens is 343 g/mol. The lowest BCUT2D eigenvalue weighted by atomic mass is 10.2. The summed E-state index contributed by atoms with van der Waals surface area (Å²) in [5.41, 5.74) is -0.643. The molecule has 8 nitrogen and oxygen atoms in total. The number of halogens is 3. The van der Waals surface area contributed by atoms with Crippen molar-refractivity contribution in [1.29, 1.82) is 0 Å². The molecule has 25 heavy (non-hydrogen) atoms. The van der Waals surface area contributed by atoms with Crippen LogP contribution in [0.3, 0.4) is 0 Å². The molecule has 2 heterocycles. The van der Waals surface area contributed by atoms with Crippen LogP contribution in [-0.4, -0.2) is 50.4 Å². The summed E-state index contributed by atoms with van der Waals surface area (Å²) < 4.78 is 41.8. The highest BCUT2D eigenvalue weighted by Crippen LogP contribution is 2.31. The summed E-state index contributed by atoms with van der Waals surface area (Å²) in [5, 5.41) is 8.13. The van der Waals surface area contributed by atoms with Crippen LogP contribution in [-0.2, 0) is 16.1 Å². The van der Waals surface area contributed by atoms with Crippen molar-refractivity contribution in [2.75, 3.05) is 6.54 Å². The second kappa shape index (κ2) is 6.89. The number of hydrogen-bond donors (Lipinski definition) is 2. The summed E-state index contributed by atoms with van der Waals surface area (Å²) in [6.45, 7) is 5.30. The predicted octanol–water partition coefficient (Wildman–Crippen LogP) is 2.06. The van der Waals surface area contributed by atoms with Crippen molar-refractivity contribution in [2.45, 2.75) is 58.0 Å². The van der Waals surface area contributed by atoms with Gasteiger partial charge in [0, 0.05) is 6.54 Å². The fraction of sp³-hybridized carbons (Fsp3) is 0.714. The van der Waals surface area contributed by atoms with E-state index in [1.54, 1.807) is 26.1 Å². The first kappa shape index (κ1) is 19.0. The van der Waals surface area contributed by atoms with E-state index < -0.39 is 36.4 Å². The summed E-state index contributed by atoms with van der Waals surface area (Å²) in [4.78, 5) is 28.6. The predicted molar refractivity (Wildman–Crippen MR) is 79.2 cm³/mol. The molecule has 1 fully saturated rings. The second-order valence-corrected chi connectivity index (χ2v) is 6.65. The van der Waals surface area contributed by atoms with Crippen molar-refractivity contribution >= 4 is 12.0 Å². The van der Waals surface area contributed by atoms with Crippen LogP contribution in [0.15, 0.2) is 0 Å². The van der Waals surface area contributed by atoms with Crippen LogP contribution in [0.1, 0.15) is 51.3 Å². The van der Waals surface area contributed by atoms with Gasteiger partial charge in [0.05, 0.1) is 12.6 Å². The Balaban J connectivity index is 2.00. The molecule has 1 aliphatic heterocycles. The van der Waals surface area contributed by atoms with Crippen LogP contribution >= 0.6 is 0 Å². The Morgan fingerprint density at radius 2 is 2.04 bits per heavy atom. The third-order valence-electron chi connectivity index (χ3n) is 3.40. The zero-order valence-electron chi connectivity index (χ0n) is 14.1. The van der Waals surface area contributed by atoms with Crippen LogP contribution in [0, 0.1) is 0 Å². The molecule has 1 saturated heterocycles. The first-order valence-corrected chi connectivity index (χ1v) is 7.73. The Labute approximate surface area is 142 Å². The van der Waals surface area contributed by atoms with E-state index in [-0.39, 0.29) is 11.6 Å². The highest BCUT2D eigenvalue weighted by Gasteiger charge is 2.39. The van der Waals surface area contributed by atoms with Crippen molar-refractivity contribution in [3.05, 3.63) is 11.6 Å². The fourth-order valence-electron chi connectivity index (χ4n) is 2.38. The average molecular weight is 363 g/mol. The lowest BCUT2D eigenvalue weighted by molar-refractivity contribution is -0.173. The minimum Gasteiger partial charge on any atom is -0.444 e. The number of likely N-dealkylation sites (tertiary alicyclic amines) is 1. The lowest BCUT2D eigenvalue weighted by Crippen LogP contribution is -2.37. The van der Waals surface area contributed by atoms with Crippen LogP contribution in [0.2, 0.25) is 0 Å². The number of rotatable bonds is 3. The largest absolute Gasteiger partial charge is 0.471 e. The molecule has 0 unspecified atom stereocenters. The van der Waals surface area contributed by atoms with E-state index >= 15 is 0 Å². The summed E-state index contributed by atoms with van der Waals surface area (Å²) >= 11 is 0. The number of carbonyl (C=O) groups is 2. The van der Waals surface area contributed by atoms with Crippen LogP contribution in [0.5, 0.6) is 0 Å². The van der Waals surface area contributed by atoms with Gasteiger partial charge in [-0.3, -0.25) is 14.8 Å². The third kappa shape index (κ3) is 5.07. The van der Waals surface area contributed by atoms with E-state index in [9.17, 15) is 22.8 Å². The van der Waals surface area contributed by atoms with Gasteiger partial charge < -0.3 is 10.1 Å². The molecule has 0 radical (unpaired) electrons. The topological polar surface area (TPSA) is 100 Å². The number of ether oxygens (including phenoxy) is 1. The zero-order chi connectivity index (χ0) is 18.8. The summed E-state index contributed by atoms with van der Waals surface area (Å²) in [5.74, 6) is -1.70. The van der Waals surface area contributed by atoms with E-state index in [4.69, 9.17) is 4.74 Å². The van der Waals surface area contributed by atoms with Gasteiger partial charge in [-0.1, -0.05) is 0 Å². The number of aromatic amines is 1. The molecule has 11 heteroatoms. The smallest absolute Gasteiger partial charge is 0.444 e. The minimum atomic E-state index is -4.96. The Kier molecular flexibility index (Phi) is 5.23. The average Bonchev–Trinajstić information content (AvgIpc) is 3.10. The van der Waals surface area contributed by atoms with E-state index in [2.05, 4.69) is 15.2 Å². The summed E-state index contributed by atoms with van der Waals surface area (Å²) in [7, 11) is 0. The molecule has 0 aliphatic carbocycles. The molecule has 2 N–H and O–H groups in total. The monoisotopic (exact) mass is 363 g/mol. The van der Waals surface area contributed by atoms with Crippen molar-refractivity contribution < 1.29 is 27.5 Å². The number of nitrogens with zero attached hydrogens (tertiary/aromatic N) is 3. The van der Waals surface area contributed by atoms with Gasteiger partial charge in [0.25, 0.3) is 0 Å². The van der Waals surface area contributed by atoms with Gasteiger partial charge in [-0.2, -0.15) is 18.3 Å². The first-order chi connectivity index (χ1) is 11.5. The highest BCUT2D eigenvalue weighted by atomic mass is 19.4. The minimum absolute atomic E-state index is 0.0728. The molecule has 2 amide bonds. The highest BCUT2D eigenvalue weighted by molar-refractivity contribution is 5.81. The molecule has 0 saturated carbocycles. The summed E-state index contributed by atoms with van der Waals surface area (Å²) in [6, 6.07) is -0.418. The normalized spacial score (nSPS) is 18.3. The molecule has 1 aromatic rings. The Morgan fingerprint density at radius 1 is 1.36 bits per heavy atom. The van der Waals surface area contributed by atoms with Gasteiger partial charge in [0.2, 0.25) is 0 Å². The second-order valence-electron chi connectivity index (χ2n) is 6.65. The van der Waals surface area contributed by atoms with E-state index in [1.807, 2.05) is 0 Å². The quantitative estimate of drug-likeness (QED) is 0.856. The first-order valence-electron chi connectivity index (χ1n) is 7.73. The molecule has 0 aromatic carbocycles. The number of H-pyrrole nitrogens is 1. The number of alkyl halides is 3. The molecule has 0 bridgehead atoms. The van der Waals surface area contributed by atoms with Crippen LogP contribution in [0.4, 0.5) is 18.0 Å². The van der Waals surface area contributed by atoms with Gasteiger partial charge in [0.1, 0.15) is 11.4 Å². The number of nitrogens with one attached hydrogen (secondary N) is 2. The van der Waals surface area contributed by atoms with E-state index in [0.717, 1.165) is 6.42 Å². The van der Waals surface area contributed by atoms with Gasteiger partial charge in [-0.05, 0) is 33.6 Å². The molecule has 2 rings (SSSR count). The van der Waals surface area contributed by atoms with Crippen LogP contribution in [0.25, 0.3) is 0 Å². The standard InChI is InChI=1S/C14H20F3N5O3/c1-13(2,3)25-12(24)22-6-4-5-8(22)10-19-9(20-21-10)7-18-11(23)14(15,16)17/h8H,4-7H2,1-3H3,(H,18,23)(H,19,20,21)/t8-/m1/s1. The van der Waals surface area contributed by atoms with Crippen molar-refractivity contribution in [3.8, 4) is 0 Å². The van der Waals surface area contributed by atoms with Crippen molar-refractivity contribution in [1.82, 2.24) is 25.4 Å². The van der Waals surface area contributed by atoms with Gasteiger partial charge in [-0.15, -0.1) is 0 Å². The number of hydrogen-bond acceptors (Lipinski definition) is 5. The zero-order valence-corrected chi connectivity index (χ0v) is 14.1. The Morgan fingerprint density at radius 3 is 2.64 bits per heavy atom. The van der Waals surface area contributed by atoms with Gasteiger partial charge >= 0.3 is 18.2 Å². The molecule has 1 aromatic heterocycles. The van der Waals surface area contributed by atoms with Crippen molar-refractivity contribution in [2.24, 2.45) is 0 Å². The number of aromatic nitrogens is 3. The maximum absolute atomic E-state index is 12.2. The lowest BCUT2D eigenvalue weighted by Gasteiger charge is -2.27. The Hall–Kier alpha value is -2.33. The fourth-order valence-corrected chi connectivity index (χ4v) is 2.38. The Bertz CT molecular complexity index is 638. The number of carbonyl (C=O) groups excluding carboxylic acids is 2. The molecule has 1 atom stereocenters. The van der Waals surface area contributed by atoms with Crippen LogP contribution < -0.4 is 5.32 Å². The van der Waals surface area contributed by atoms with E-state index in [0.29, 0.717) is 13.0 Å². The third-order valence-corrected chi connectivity index (χ3v) is 3.40.